The number of carbonyl (C=O) groups excluding carboxylic acids is 1. The summed E-state index contributed by atoms with van der Waals surface area (Å²) in [5.41, 5.74) is 2.09. The SMILES string of the molecule is CC1Cc2ccccc2N(C(=O)c2cc(S)ccc2F)C1. The van der Waals surface area contributed by atoms with Crippen molar-refractivity contribution in [3.63, 3.8) is 0 Å². The summed E-state index contributed by atoms with van der Waals surface area (Å²) in [6, 6.07) is 12.1. The molecule has 1 amide bonds. The first-order valence-electron chi connectivity index (χ1n) is 6.94. The Morgan fingerprint density at radius 2 is 2.05 bits per heavy atom. The van der Waals surface area contributed by atoms with Gasteiger partial charge in [0.25, 0.3) is 5.91 Å². The van der Waals surface area contributed by atoms with Gasteiger partial charge in [-0.1, -0.05) is 25.1 Å². The number of benzene rings is 2. The molecular weight excluding hydrogens is 285 g/mol. The molecule has 3 rings (SSSR count). The number of nitrogens with zero attached hydrogens (tertiary/aromatic N) is 1. The van der Waals surface area contributed by atoms with Crippen molar-refractivity contribution in [3.8, 4) is 0 Å². The summed E-state index contributed by atoms with van der Waals surface area (Å²) >= 11 is 4.20. The molecule has 1 aliphatic heterocycles. The second kappa shape index (κ2) is 5.53. The molecule has 0 fully saturated rings. The number of carbonyl (C=O) groups is 1. The fourth-order valence-electron chi connectivity index (χ4n) is 2.81. The van der Waals surface area contributed by atoms with Gasteiger partial charge in [0.2, 0.25) is 0 Å². The molecule has 0 N–H and O–H groups in total. The van der Waals surface area contributed by atoms with E-state index in [2.05, 4.69) is 19.6 Å². The zero-order valence-electron chi connectivity index (χ0n) is 11.7. The van der Waals surface area contributed by atoms with E-state index in [1.807, 2.05) is 24.3 Å². The monoisotopic (exact) mass is 301 g/mol. The van der Waals surface area contributed by atoms with Crippen molar-refractivity contribution >= 4 is 24.2 Å². The Kier molecular flexibility index (Phi) is 3.72. The van der Waals surface area contributed by atoms with E-state index in [1.165, 1.54) is 12.1 Å². The fraction of sp³-hybridized carbons (Fsp3) is 0.235. The number of anilines is 1. The second-order valence-corrected chi connectivity index (χ2v) is 6.03. The molecule has 0 saturated heterocycles. The minimum atomic E-state index is -0.506. The van der Waals surface area contributed by atoms with Crippen LogP contribution in [0.3, 0.4) is 0 Å². The van der Waals surface area contributed by atoms with Gasteiger partial charge in [0.15, 0.2) is 0 Å². The quantitative estimate of drug-likeness (QED) is 0.791. The van der Waals surface area contributed by atoms with Crippen LogP contribution >= 0.6 is 12.6 Å². The van der Waals surface area contributed by atoms with E-state index < -0.39 is 5.82 Å². The van der Waals surface area contributed by atoms with Gasteiger partial charge in [0, 0.05) is 17.1 Å². The van der Waals surface area contributed by atoms with Gasteiger partial charge in [0.05, 0.1) is 5.56 Å². The smallest absolute Gasteiger partial charge is 0.261 e. The van der Waals surface area contributed by atoms with Gasteiger partial charge in [-0.3, -0.25) is 4.79 Å². The van der Waals surface area contributed by atoms with E-state index in [0.717, 1.165) is 17.7 Å². The van der Waals surface area contributed by atoms with Crippen molar-refractivity contribution in [3.05, 3.63) is 59.4 Å². The number of halogens is 1. The van der Waals surface area contributed by atoms with Crippen molar-refractivity contribution in [2.75, 3.05) is 11.4 Å². The minimum Gasteiger partial charge on any atom is -0.308 e. The average Bonchev–Trinajstić information content (AvgIpc) is 2.48. The molecule has 2 nitrogen and oxygen atoms in total. The fourth-order valence-corrected chi connectivity index (χ4v) is 3.02. The first kappa shape index (κ1) is 14.1. The molecule has 108 valence electrons. The summed E-state index contributed by atoms with van der Waals surface area (Å²) < 4.78 is 14.0. The van der Waals surface area contributed by atoms with Crippen molar-refractivity contribution < 1.29 is 9.18 Å². The Labute approximate surface area is 129 Å². The zero-order chi connectivity index (χ0) is 15.0. The normalized spacial score (nSPS) is 17.5. The van der Waals surface area contributed by atoms with Gasteiger partial charge in [-0.25, -0.2) is 4.39 Å². The molecule has 0 aliphatic carbocycles. The van der Waals surface area contributed by atoms with Crippen molar-refractivity contribution in [1.29, 1.82) is 0 Å². The summed E-state index contributed by atoms with van der Waals surface area (Å²) in [5.74, 6) is -0.456. The number of hydrogen-bond acceptors (Lipinski definition) is 2. The molecule has 1 atom stereocenters. The molecule has 0 bridgehead atoms. The molecule has 1 heterocycles. The molecule has 2 aromatic carbocycles. The Balaban J connectivity index is 2.04. The molecular formula is C17H16FNOS. The van der Waals surface area contributed by atoms with Crippen molar-refractivity contribution in [1.82, 2.24) is 0 Å². The highest BCUT2D eigenvalue weighted by Crippen LogP contribution is 2.31. The lowest BCUT2D eigenvalue weighted by Gasteiger charge is -2.33. The number of rotatable bonds is 1. The molecule has 4 heteroatoms. The van der Waals surface area contributed by atoms with Gasteiger partial charge >= 0.3 is 0 Å². The highest BCUT2D eigenvalue weighted by atomic mass is 32.1. The lowest BCUT2D eigenvalue weighted by Crippen LogP contribution is -2.39. The predicted molar refractivity (Wildman–Crippen MR) is 84.6 cm³/mol. The van der Waals surface area contributed by atoms with Gasteiger partial charge in [0.1, 0.15) is 5.82 Å². The zero-order valence-corrected chi connectivity index (χ0v) is 12.6. The van der Waals surface area contributed by atoms with E-state index >= 15 is 0 Å². The Bertz CT molecular complexity index is 701. The van der Waals surface area contributed by atoms with Crippen LogP contribution in [0, 0.1) is 11.7 Å². The maximum atomic E-state index is 14.0. The lowest BCUT2D eigenvalue weighted by atomic mass is 9.93. The van der Waals surface area contributed by atoms with Crippen LogP contribution in [0.1, 0.15) is 22.8 Å². The number of amides is 1. The van der Waals surface area contributed by atoms with E-state index in [0.29, 0.717) is 17.4 Å². The summed E-state index contributed by atoms with van der Waals surface area (Å²) in [6.45, 7) is 2.70. The Morgan fingerprint density at radius 3 is 2.86 bits per heavy atom. The predicted octanol–water partition coefficient (Wildman–Crippen LogP) is 3.95. The number of fused-ring (bicyclic) bond motifs is 1. The summed E-state index contributed by atoms with van der Waals surface area (Å²) in [7, 11) is 0. The average molecular weight is 301 g/mol. The second-order valence-electron chi connectivity index (χ2n) is 5.52. The molecule has 1 aliphatic rings. The third kappa shape index (κ3) is 2.68. The summed E-state index contributed by atoms with van der Waals surface area (Å²) in [4.78, 5) is 15.0. The molecule has 0 radical (unpaired) electrons. The highest BCUT2D eigenvalue weighted by molar-refractivity contribution is 7.80. The molecule has 1 unspecified atom stereocenters. The number of thiol groups is 1. The minimum absolute atomic E-state index is 0.0754. The third-order valence-corrected chi connectivity index (χ3v) is 4.05. The van der Waals surface area contributed by atoms with Crippen LogP contribution in [0.4, 0.5) is 10.1 Å². The van der Waals surface area contributed by atoms with Crippen LogP contribution in [0.15, 0.2) is 47.4 Å². The van der Waals surface area contributed by atoms with E-state index in [1.54, 1.807) is 11.0 Å². The standard InChI is InChI=1S/C17H16FNOS/c1-11-8-12-4-2-3-5-16(12)19(10-11)17(20)14-9-13(21)6-7-15(14)18/h2-7,9,11,21H,8,10H2,1H3. The number of hydrogen-bond donors (Lipinski definition) is 1. The van der Waals surface area contributed by atoms with Crippen molar-refractivity contribution in [2.24, 2.45) is 5.92 Å². The van der Waals surface area contributed by atoms with Crippen LogP contribution in [0.25, 0.3) is 0 Å². The van der Waals surface area contributed by atoms with Gasteiger partial charge in [-0.05, 0) is 42.2 Å². The maximum absolute atomic E-state index is 14.0. The van der Waals surface area contributed by atoms with Gasteiger partial charge < -0.3 is 4.90 Å². The highest BCUT2D eigenvalue weighted by Gasteiger charge is 2.28. The molecule has 2 aromatic rings. The Morgan fingerprint density at radius 1 is 1.29 bits per heavy atom. The van der Waals surface area contributed by atoms with Crippen LogP contribution < -0.4 is 4.90 Å². The summed E-state index contributed by atoms with van der Waals surface area (Å²) in [6.07, 6.45) is 0.940. The molecule has 21 heavy (non-hydrogen) atoms. The Hall–Kier alpha value is -1.81. The molecule has 0 aromatic heterocycles. The van der Waals surface area contributed by atoms with Crippen LogP contribution in [-0.4, -0.2) is 12.5 Å². The molecule has 0 spiro atoms. The van der Waals surface area contributed by atoms with Crippen LogP contribution in [-0.2, 0) is 6.42 Å². The van der Waals surface area contributed by atoms with Crippen LogP contribution in [0.5, 0.6) is 0 Å². The largest absolute Gasteiger partial charge is 0.308 e. The van der Waals surface area contributed by atoms with Gasteiger partial charge in [-0.2, -0.15) is 0 Å². The van der Waals surface area contributed by atoms with Crippen LogP contribution in [0.2, 0.25) is 0 Å². The summed E-state index contributed by atoms with van der Waals surface area (Å²) in [5, 5.41) is 0. The topological polar surface area (TPSA) is 20.3 Å². The van der Waals surface area contributed by atoms with Crippen molar-refractivity contribution in [2.45, 2.75) is 18.2 Å². The van der Waals surface area contributed by atoms with E-state index in [-0.39, 0.29) is 11.5 Å². The first-order valence-corrected chi connectivity index (χ1v) is 7.39. The van der Waals surface area contributed by atoms with E-state index in [4.69, 9.17) is 0 Å². The lowest BCUT2D eigenvalue weighted by molar-refractivity contribution is 0.0977. The number of para-hydroxylation sites is 1. The maximum Gasteiger partial charge on any atom is 0.261 e. The van der Waals surface area contributed by atoms with Gasteiger partial charge in [-0.15, -0.1) is 12.6 Å². The first-order chi connectivity index (χ1) is 10.1. The van der Waals surface area contributed by atoms with E-state index in [9.17, 15) is 9.18 Å². The third-order valence-electron chi connectivity index (χ3n) is 3.77. The molecule has 0 saturated carbocycles.